The van der Waals surface area contributed by atoms with E-state index in [-0.39, 0.29) is 17.0 Å². The number of fused-ring (bicyclic) bond motifs is 1. The van der Waals surface area contributed by atoms with E-state index in [0.29, 0.717) is 12.1 Å². The van der Waals surface area contributed by atoms with Crippen LogP contribution in [0.1, 0.15) is 12.8 Å². The molecule has 0 bridgehead atoms. The number of aromatic nitrogens is 2. The fraction of sp³-hybridized carbons (Fsp3) is 0.467. The maximum atomic E-state index is 12.6. The van der Waals surface area contributed by atoms with Crippen molar-refractivity contribution in [1.29, 1.82) is 0 Å². The van der Waals surface area contributed by atoms with Crippen molar-refractivity contribution in [3.05, 3.63) is 38.9 Å². The number of rotatable bonds is 6. The maximum absolute atomic E-state index is 12.6. The molecular weight excluding hydrogens is 348 g/mol. The van der Waals surface area contributed by atoms with Crippen LogP contribution in [0.2, 0.25) is 0 Å². The lowest BCUT2D eigenvalue weighted by Gasteiger charge is -2.28. The quantitative estimate of drug-likeness (QED) is 0.497. The minimum atomic E-state index is -3.78. The Morgan fingerprint density at radius 1 is 1.20 bits per heavy atom. The second-order valence-electron chi connectivity index (χ2n) is 6.18. The van der Waals surface area contributed by atoms with E-state index < -0.39 is 26.7 Å². The van der Waals surface area contributed by atoms with Gasteiger partial charge < -0.3 is 20.0 Å². The van der Waals surface area contributed by atoms with Gasteiger partial charge in [-0.25, -0.2) is 13.1 Å². The molecule has 1 atom stereocenters. The first-order chi connectivity index (χ1) is 11.9. The summed E-state index contributed by atoms with van der Waals surface area (Å²) in [4.78, 5) is 27.5. The van der Waals surface area contributed by atoms with Gasteiger partial charge in [-0.3, -0.25) is 9.59 Å². The molecule has 1 aromatic carbocycles. The van der Waals surface area contributed by atoms with Gasteiger partial charge in [0.1, 0.15) is 0 Å². The molecule has 10 heteroatoms. The molecule has 1 aliphatic heterocycles. The van der Waals surface area contributed by atoms with Gasteiger partial charge in [0.2, 0.25) is 10.0 Å². The number of hydrogen-bond donors (Lipinski definition) is 4. The Balaban J connectivity index is 1.86. The van der Waals surface area contributed by atoms with Crippen LogP contribution in [0.15, 0.2) is 32.7 Å². The predicted molar refractivity (Wildman–Crippen MR) is 92.2 cm³/mol. The summed E-state index contributed by atoms with van der Waals surface area (Å²) in [5, 5.41) is 3.30. The van der Waals surface area contributed by atoms with Crippen molar-refractivity contribution < 1.29 is 13.2 Å². The van der Waals surface area contributed by atoms with Gasteiger partial charge in [0.15, 0.2) is 0 Å². The zero-order valence-electron chi connectivity index (χ0n) is 13.7. The van der Waals surface area contributed by atoms with Gasteiger partial charge in [-0.05, 0) is 37.6 Å². The smallest absolute Gasteiger partial charge is 0.314 e. The first-order valence-electron chi connectivity index (χ1n) is 7.85. The molecule has 3 rings (SSSR count). The topological polar surface area (TPSA) is 133 Å². The number of nitrogens with one attached hydrogen (secondary N) is 4. The number of hydrogen-bond acceptors (Lipinski definition) is 6. The molecule has 9 nitrogen and oxygen atoms in total. The third-order valence-electron chi connectivity index (χ3n) is 4.36. The van der Waals surface area contributed by atoms with Crippen LogP contribution in [0, 0.1) is 0 Å². The molecule has 0 radical (unpaired) electrons. The Kier molecular flexibility index (Phi) is 4.78. The molecule has 4 N–H and O–H groups in total. The Bertz CT molecular complexity index is 989. The Morgan fingerprint density at radius 2 is 1.92 bits per heavy atom. The fourth-order valence-electron chi connectivity index (χ4n) is 3.05. The van der Waals surface area contributed by atoms with Gasteiger partial charge in [-0.15, -0.1) is 0 Å². The predicted octanol–water partition coefficient (Wildman–Crippen LogP) is -0.737. The highest BCUT2D eigenvalue weighted by Crippen LogP contribution is 2.20. The van der Waals surface area contributed by atoms with Crippen molar-refractivity contribution in [2.45, 2.75) is 23.3 Å². The van der Waals surface area contributed by atoms with E-state index in [9.17, 15) is 18.0 Å². The molecule has 1 aliphatic rings. The van der Waals surface area contributed by atoms with Gasteiger partial charge in [0, 0.05) is 13.7 Å². The molecule has 136 valence electrons. The monoisotopic (exact) mass is 368 g/mol. The van der Waals surface area contributed by atoms with Gasteiger partial charge in [-0.2, -0.15) is 0 Å². The van der Waals surface area contributed by atoms with E-state index in [1.807, 2.05) is 0 Å². The van der Waals surface area contributed by atoms with Crippen LogP contribution >= 0.6 is 0 Å². The summed E-state index contributed by atoms with van der Waals surface area (Å²) in [6.07, 6.45) is 1.77. The van der Waals surface area contributed by atoms with Crippen LogP contribution in [0.5, 0.6) is 0 Å². The first-order valence-corrected chi connectivity index (χ1v) is 9.34. The molecule has 2 heterocycles. The lowest BCUT2D eigenvalue weighted by Crippen LogP contribution is -2.52. The Morgan fingerprint density at radius 3 is 2.56 bits per heavy atom. The molecule has 1 aromatic heterocycles. The number of aromatic amines is 2. The summed E-state index contributed by atoms with van der Waals surface area (Å²) in [5.41, 5.74) is -1.42. The minimum Gasteiger partial charge on any atom is -0.383 e. The van der Waals surface area contributed by atoms with E-state index in [2.05, 4.69) is 20.0 Å². The third kappa shape index (κ3) is 3.66. The number of ether oxygens (including phenoxy) is 1. The molecule has 0 amide bonds. The van der Waals surface area contributed by atoms with Gasteiger partial charge >= 0.3 is 11.1 Å². The van der Waals surface area contributed by atoms with Gasteiger partial charge in [0.25, 0.3) is 0 Å². The van der Waals surface area contributed by atoms with Crippen LogP contribution in [0.25, 0.3) is 11.0 Å². The number of H-pyrrole nitrogens is 2. The van der Waals surface area contributed by atoms with Gasteiger partial charge in [0.05, 0.1) is 28.1 Å². The Hall–Kier alpha value is -2.01. The fourth-order valence-corrected chi connectivity index (χ4v) is 4.20. The molecule has 1 fully saturated rings. The van der Waals surface area contributed by atoms with Crippen LogP contribution in [-0.2, 0) is 14.8 Å². The van der Waals surface area contributed by atoms with E-state index >= 15 is 0 Å². The van der Waals surface area contributed by atoms with E-state index in [1.165, 1.54) is 18.2 Å². The molecule has 25 heavy (non-hydrogen) atoms. The van der Waals surface area contributed by atoms with E-state index in [4.69, 9.17) is 4.74 Å². The second kappa shape index (κ2) is 6.71. The largest absolute Gasteiger partial charge is 0.383 e. The summed E-state index contributed by atoms with van der Waals surface area (Å²) in [5.74, 6) is 0. The molecule has 1 unspecified atom stereocenters. The lowest BCUT2D eigenvalue weighted by atomic mass is 9.99. The average molecular weight is 368 g/mol. The third-order valence-corrected chi connectivity index (χ3v) is 5.76. The van der Waals surface area contributed by atoms with Crippen LogP contribution in [0.4, 0.5) is 0 Å². The van der Waals surface area contributed by atoms with Crippen molar-refractivity contribution in [3.8, 4) is 0 Å². The maximum Gasteiger partial charge on any atom is 0.314 e. The van der Waals surface area contributed by atoms with E-state index in [0.717, 1.165) is 19.4 Å². The van der Waals surface area contributed by atoms with Crippen molar-refractivity contribution in [2.24, 2.45) is 0 Å². The normalized spacial score (nSPS) is 21.0. The number of sulfonamides is 1. The molecule has 0 aliphatic carbocycles. The lowest BCUT2D eigenvalue weighted by molar-refractivity contribution is 0.122. The van der Waals surface area contributed by atoms with Gasteiger partial charge in [-0.1, -0.05) is 0 Å². The standard InChI is InChI=1S/C15H20N4O5S/c1-24-9-15(5-2-6-16-15)8-17-25(22,23)10-3-4-11-12(7-10)19-14(21)13(20)18-11/h3-4,7,16-17H,2,5-6,8-9H2,1H3,(H,18,20)(H,19,21). The molecule has 1 saturated heterocycles. The molecule has 0 spiro atoms. The van der Waals surface area contributed by atoms with Crippen LogP contribution in [-0.4, -0.2) is 50.7 Å². The zero-order chi connectivity index (χ0) is 18.1. The highest BCUT2D eigenvalue weighted by atomic mass is 32.2. The molecule has 0 saturated carbocycles. The zero-order valence-corrected chi connectivity index (χ0v) is 14.5. The summed E-state index contributed by atoms with van der Waals surface area (Å²) in [6, 6.07) is 4.14. The first kappa shape index (κ1) is 17.8. The summed E-state index contributed by atoms with van der Waals surface area (Å²) in [7, 11) is -2.20. The highest BCUT2D eigenvalue weighted by molar-refractivity contribution is 7.89. The summed E-state index contributed by atoms with van der Waals surface area (Å²) < 4.78 is 33.0. The summed E-state index contributed by atoms with van der Waals surface area (Å²) >= 11 is 0. The minimum absolute atomic E-state index is 0.00765. The Labute approximate surface area is 143 Å². The van der Waals surface area contributed by atoms with E-state index in [1.54, 1.807) is 7.11 Å². The van der Waals surface area contributed by atoms with Crippen molar-refractivity contribution in [2.75, 3.05) is 26.8 Å². The van der Waals surface area contributed by atoms with Crippen LogP contribution < -0.4 is 21.2 Å². The molecular formula is C15H20N4O5S. The average Bonchev–Trinajstić information content (AvgIpc) is 3.03. The SMILES string of the molecule is COCC1(CNS(=O)(=O)c2ccc3[nH]c(=O)c(=O)[nH]c3c2)CCCN1. The second-order valence-corrected chi connectivity index (χ2v) is 7.95. The van der Waals surface area contributed by atoms with Crippen molar-refractivity contribution in [3.63, 3.8) is 0 Å². The number of methoxy groups -OCH3 is 1. The van der Waals surface area contributed by atoms with Crippen LogP contribution in [0.3, 0.4) is 0 Å². The number of benzene rings is 1. The highest BCUT2D eigenvalue weighted by Gasteiger charge is 2.34. The van der Waals surface area contributed by atoms with Crippen molar-refractivity contribution >= 4 is 21.1 Å². The molecule has 2 aromatic rings. The van der Waals surface area contributed by atoms with Crippen molar-refractivity contribution in [1.82, 2.24) is 20.0 Å². The summed E-state index contributed by atoms with van der Waals surface area (Å²) in [6.45, 7) is 1.42.